The molecule has 1 N–H and O–H groups in total. The average molecular weight is 224 g/mol. The number of nitrogens with one attached hydrogen (secondary N) is 1. The van der Waals surface area contributed by atoms with E-state index in [9.17, 15) is 4.79 Å². The fourth-order valence-corrected chi connectivity index (χ4v) is 2.14. The van der Waals surface area contributed by atoms with Crippen LogP contribution in [0.25, 0.3) is 0 Å². The summed E-state index contributed by atoms with van der Waals surface area (Å²) in [5.74, 6) is 0.201. The van der Waals surface area contributed by atoms with Crippen LogP contribution >= 0.6 is 0 Å². The number of amides is 1. The van der Waals surface area contributed by atoms with Gasteiger partial charge < -0.3 is 15.0 Å². The van der Waals surface area contributed by atoms with Gasteiger partial charge in [0.05, 0.1) is 19.3 Å². The van der Waals surface area contributed by atoms with Crippen LogP contribution in [0.15, 0.2) is 11.1 Å². The van der Waals surface area contributed by atoms with E-state index >= 15 is 0 Å². The van der Waals surface area contributed by atoms with E-state index in [4.69, 9.17) is 4.74 Å². The minimum absolute atomic E-state index is 0.201. The van der Waals surface area contributed by atoms with Crippen molar-refractivity contribution in [2.75, 3.05) is 32.8 Å². The van der Waals surface area contributed by atoms with E-state index in [2.05, 4.69) is 12.2 Å². The number of hydrogen-bond donors (Lipinski definition) is 1. The maximum atomic E-state index is 12.3. The van der Waals surface area contributed by atoms with E-state index in [0.29, 0.717) is 13.2 Å². The van der Waals surface area contributed by atoms with Gasteiger partial charge >= 0.3 is 0 Å². The second-order valence-corrected chi connectivity index (χ2v) is 4.47. The summed E-state index contributed by atoms with van der Waals surface area (Å²) in [5, 5.41) is 3.17. The molecule has 4 heteroatoms. The van der Waals surface area contributed by atoms with E-state index < -0.39 is 0 Å². The van der Waals surface area contributed by atoms with Crippen LogP contribution in [0.1, 0.15) is 20.3 Å². The predicted octanol–water partition coefficient (Wildman–Crippen LogP) is 0.543. The first-order valence-corrected chi connectivity index (χ1v) is 6.02. The summed E-state index contributed by atoms with van der Waals surface area (Å²) in [6.07, 6.45) is 0.965. The van der Waals surface area contributed by atoms with Gasteiger partial charge in [0.25, 0.3) is 0 Å². The zero-order valence-corrected chi connectivity index (χ0v) is 10.1. The molecule has 1 atom stereocenters. The van der Waals surface area contributed by atoms with Gasteiger partial charge in [0.2, 0.25) is 5.91 Å². The van der Waals surface area contributed by atoms with Crippen LogP contribution in [-0.4, -0.2) is 49.7 Å². The topological polar surface area (TPSA) is 41.6 Å². The number of rotatable bonds is 2. The second-order valence-electron chi connectivity index (χ2n) is 4.47. The highest BCUT2D eigenvalue weighted by molar-refractivity contribution is 5.94. The maximum absolute atomic E-state index is 12.3. The standard InChI is InChI=1S/C12H20N2O2/c1-3-11-8-16-5-4-14(11)12(15)9(2)10-6-13-7-10/h11,13H,3-8H2,1-2H3. The van der Waals surface area contributed by atoms with Crippen molar-refractivity contribution in [2.24, 2.45) is 0 Å². The molecule has 0 aliphatic carbocycles. The Morgan fingerprint density at radius 1 is 1.56 bits per heavy atom. The molecule has 0 aromatic heterocycles. The van der Waals surface area contributed by atoms with Crippen LogP contribution < -0.4 is 5.32 Å². The molecule has 2 saturated heterocycles. The van der Waals surface area contributed by atoms with Crippen LogP contribution in [0.4, 0.5) is 0 Å². The molecule has 2 fully saturated rings. The Balaban J connectivity index is 2.07. The minimum atomic E-state index is 0.201. The van der Waals surface area contributed by atoms with E-state index in [-0.39, 0.29) is 11.9 Å². The van der Waals surface area contributed by atoms with Crippen molar-refractivity contribution in [1.82, 2.24) is 10.2 Å². The van der Waals surface area contributed by atoms with E-state index in [1.165, 1.54) is 5.57 Å². The van der Waals surface area contributed by atoms with Gasteiger partial charge in [-0.15, -0.1) is 0 Å². The van der Waals surface area contributed by atoms with E-state index in [0.717, 1.165) is 31.6 Å². The Morgan fingerprint density at radius 2 is 2.31 bits per heavy atom. The van der Waals surface area contributed by atoms with Crippen molar-refractivity contribution in [3.63, 3.8) is 0 Å². The Kier molecular flexibility index (Phi) is 3.61. The lowest BCUT2D eigenvalue weighted by molar-refractivity contribution is -0.135. The Morgan fingerprint density at radius 3 is 2.88 bits per heavy atom. The number of nitrogens with zero attached hydrogens (tertiary/aromatic N) is 1. The number of carbonyl (C=O) groups excluding carboxylic acids is 1. The van der Waals surface area contributed by atoms with Crippen LogP contribution in [0.5, 0.6) is 0 Å². The van der Waals surface area contributed by atoms with Crippen LogP contribution in [0.2, 0.25) is 0 Å². The number of ether oxygens (including phenoxy) is 1. The molecule has 1 unspecified atom stereocenters. The highest BCUT2D eigenvalue weighted by atomic mass is 16.5. The van der Waals surface area contributed by atoms with Crippen molar-refractivity contribution >= 4 is 5.91 Å². The lowest BCUT2D eigenvalue weighted by Crippen LogP contribution is -2.49. The van der Waals surface area contributed by atoms with Gasteiger partial charge in [0, 0.05) is 25.2 Å². The van der Waals surface area contributed by atoms with Gasteiger partial charge in [-0.25, -0.2) is 0 Å². The largest absolute Gasteiger partial charge is 0.377 e. The SMILES string of the molecule is CCC1COCCN1C(=O)C(C)=C1CNC1. The maximum Gasteiger partial charge on any atom is 0.249 e. The van der Waals surface area contributed by atoms with Crippen LogP contribution in [0, 0.1) is 0 Å². The molecule has 0 radical (unpaired) electrons. The first kappa shape index (κ1) is 11.6. The van der Waals surface area contributed by atoms with E-state index in [1.54, 1.807) is 0 Å². The van der Waals surface area contributed by atoms with Crippen LogP contribution in [0.3, 0.4) is 0 Å². The first-order chi connectivity index (χ1) is 7.74. The Hall–Kier alpha value is -0.870. The van der Waals surface area contributed by atoms with E-state index in [1.807, 2.05) is 11.8 Å². The third-order valence-corrected chi connectivity index (χ3v) is 3.49. The van der Waals surface area contributed by atoms with Gasteiger partial charge in [-0.1, -0.05) is 6.92 Å². The Labute approximate surface area is 96.6 Å². The molecule has 2 rings (SSSR count). The molecule has 2 heterocycles. The van der Waals surface area contributed by atoms with Crippen molar-refractivity contribution in [2.45, 2.75) is 26.3 Å². The van der Waals surface area contributed by atoms with Crippen LogP contribution in [-0.2, 0) is 9.53 Å². The highest BCUT2D eigenvalue weighted by Crippen LogP contribution is 2.17. The lowest BCUT2D eigenvalue weighted by atomic mass is 10.0. The fraction of sp³-hybridized carbons (Fsp3) is 0.750. The highest BCUT2D eigenvalue weighted by Gasteiger charge is 2.28. The van der Waals surface area contributed by atoms with Gasteiger partial charge in [-0.05, 0) is 18.9 Å². The lowest BCUT2D eigenvalue weighted by Gasteiger charge is -2.36. The quantitative estimate of drug-likeness (QED) is 0.696. The summed E-state index contributed by atoms with van der Waals surface area (Å²) in [6, 6.07) is 0.254. The van der Waals surface area contributed by atoms with Crippen molar-refractivity contribution in [3.05, 3.63) is 11.1 Å². The van der Waals surface area contributed by atoms with Crippen molar-refractivity contribution in [3.8, 4) is 0 Å². The molecule has 0 aromatic rings. The summed E-state index contributed by atoms with van der Waals surface area (Å²) in [4.78, 5) is 14.3. The third kappa shape index (κ3) is 2.13. The summed E-state index contributed by atoms with van der Waals surface area (Å²) in [5.41, 5.74) is 2.19. The monoisotopic (exact) mass is 224 g/mol. The van der Waals surface area contributed by atoms with Crippen molar-refractivity contribution < 1.29 is 9.53 Å². The minimum Gasteiger partial charge on any atom is -0.377 e. The molecule has 0 saturated carbocycles. The normalized spacial score (nSPS) is 25.2. The zero-order chi connectivity index (χ0) is 11.5. The molecule has 0 spiro atoms. The molecule has 0 aromatic carbocycles. The molecular formula is C12H20N2O2. The Bertz CT molecular complexity index is 306. The number of morpholine rings is 1. The molecule has 2 aliphatic heterocycles. The summed E-state index contributed by atoms with van der Waals surface area (Å²) < 4.78 is 5.41. The first-order valence-electron chi connectivity index (χ1n) is 6.02. The molecule has 0 bridgehead atoms. The average Bonchev–Trinajstić information content (AvgIpc) is 2.25. The summed E-state index contributed by atoms with van der Waals surface area (Å²) in [6.45, 7) is 7.88. The zero-order valence-electron chi connectivity index (χ0n) is 10.1. The molecular weight excluding hydrogens is 204 g/mol. The summed E-state index contributed by atoms with van der Waals surface area (Å²) in [7, 11) is 0. The molecule has 1 amide bonds. The second kappa shape index (κ2) is 4.97. The smallest absolute Gasteiger partial charge is 0.249 e. The van der Waals surface area contributed by atoms with Crippen molar-refractivity contribution in [1.29, 1.82) is 0 Å². The predicted molar refractivity (Wildman–Crippen MR) is 62.2 cm³/mol. The van der Waals surface area contributed by atoms with Gasteiger partial charge in [0.1, 0.15) is 0 Å². The van der Waals surface area contributed by atoms with Gasteiger partial charge in [-0.2, -0.15) is 0 Å². The molecule has 90 valence electrons. The number of carbonyl (C=O) groups is 1. The summed E-state index contributed by atoms with van der Waals surface area (Å²) >= 11 is 0. The molecule has 16 heavy (non-hydrogen) atoms. The molecule has 2 aliphatic rings. The van der Waals surface area contributed by atoms with Gasteiger partial charge in [0.15, 0.2) is 0 Å². The van der Waals surface area contributed by atoms with Gasteiger partial charge in [-0.3, -0.25) is 4.79 Å². The molecule has 4 nitrogen and oxygen atoms in total. The fourth-order valence-electron chi connectivity index (χ4n) is 2.14. The third-order valence-electron chi connectivity index (χ3n) is 3.49. The number of hydrogen-bond acceptors (Lipinski definition) is 3.